The first-order chi connectivity index (χ1) is 31.0. The van der Waals surface area contributed by atoms with Gasteiger partial charge in [-0.3, -0.25) is 14.4 Å². The van der Waals surface area contributed by atoms with Crippen LogP contribution in [0.1, 0.15) is 201 Å². The Bertz CT molecular complexity index is 1370. The van der Waals surface area contributed by atoms with E-state index in [1.165, 1.54) is 57.8 Å². The van der Waals surface area contributed by atoms with E-state index in [1.807, 2.05) is 54.7 Å². The van der Waals surface area contributed by atoms with Gasteiger partial charge in [-0.15, -0.1) is 0 Å². The molecule has 0 aromatic heterocycles. The summed E-state index contributed by atoms with van der Waals surface area (Å²) < 4.78 is 16.7. The topological polar surface area (TPSA) is 78.9 Å². The highest BCUT2D eigenvalue weighted by atomic mass is 16.6. The van der Waals surface area contributed by atoms with Crippen molar-refractivity contribution in [3.8, 4) is 0 Å². The van der Waals surface area contributed by atoms with Crippen LogP contribution in [0.5, 0.6) is 0 Å². The second-order valence-electron chi connectivity index (χ2n) is 16.1. The Morgan fingerprint density at radius 1 is 0.349 bits per heavy atom. The molecular formula is C57H90O6. The molecule has 6 nitrogen and oxygen atoms in total. The molecule has 0 bridgehead atoms. The van der Waals surface area contributed by atoms with Gasteiger partial charge in [0.1, 0.15) is 13.2 Å². The van der Waals surface area contributed by atoms with Crippen LogP contribution >= 0.6 is 0 Å². The highest BCUT2D eigenvalue weighted by Gasteiger charge is 2.19. The Kier molecular flexibility index (Phi) is 47.1. The molecule has 6 heteroatoms. The Morgan fingerprint density at radius 3 is 1.24 bits per heavy atom. The standard InChI is InChI=1S/C57H90O6/c1-4-7-10-13-16-19-22-25-27-29-32-35-38-41-44-47-50-56(59)62-53-54(52-61-55(58)49-46-43-40-37-34-31-24-21-18-15-12-9-6-3)63-57(60)51-48-45-42-39-36-33-30-28-26-23-20-17-14-11-8-5-2/h7,9-10,12,15-16,18-19,21,24-25,27-28,30-32,34-35,37,40,54H,4-6,8,11,13-14,17,20,22-23,26,29,33,36,38-39,41-53H2,1-3H3/b10-7+,12-9+,18-15+,19-16+,24-21+,27-25+,30-28+,34-31+,35-32+,40-37+. The Hall–Kier alpha value is -4.19. The zero-order valence-electron chi connectivity index (χ0n) is 40.3. The summed E-state index contributed by atoms with van der Waals surface area (Å²) in [4.78, 5) is 37.9. The SMILES string of the molecule is CC/C=C/C=C/C=C/C=C/C=C/CCCC(=O)OCC(COC(=O)CCCCC/C=C/C/C=C/C/C=C/C/C=C/CC)OC(=O)CCCCCCC/C=C/CCCCCCCCC. The van der Waals surface area contributed by atoms with Crippen molar-refractivity contribution >= 4 is 17.9 Å². The third-order valence-corrected chi connectivity index (χ3v) is 10.1. The molecule has 0 aliphatic carbocycles. The zero-order chi connectivity index (χ0) is 45.8. The molecule has 1 unspecified atom stereocenters. The predicted octanol–water partition coefficient (Wildman–Crippen LogP) is 16.5. The van der Waals surface area contributed by atoms with E-state index in [4.69, 9.17) is 14.2 Å². The third-order valence-electron chi connectivity index (χ3n) is 10.1. The number of esters is 3. The van der Waals surface area contributed by atoms with E-state index in [9.17, 15) is 14.4 Å². The van der Waals surface area contributed by atoms with Crippen molar-refractivity contribution in [2.45, 2.75) is 207 Å². The lowest BCUT2D eigenvalue weighted by molar-refractivity contribution is -0.167. The highest BCUT2D eigenvalue weighted by molar-refractivity contribution is 5.71. The average molecular weight is 871 g/mol. The zero-order valence-corrected chi connectivity index (χ0v) is 40.3. The van der Waals surface area contributed by atoms with Gasteiger partial charge in [0, 0.05) is 19.3 Å². The molecule has 0 N–H and O–H groups in total. The van der Waals surface area contributed by atoms with E-state index in [-0.39, 0.29) is 37.5 Å². The molecule has 0 aliphatic rings. The van der Waals surface area contributed by atoms with Crippen LogP contribution in [0.25, 0.3) is 0 Å². The summed E-state index contributed by atoms with van der Waals surface area (Å²) in [6.45, 7) is 6.26. The molecule has 0 rings (SSSR count). The van der Waals surface area contributed by atoms with E-state index in [0.29, 0.717) is 19.3 Å². The van der Waals surface area contributed by atoms with E-state index < -0.39 is 6.10 Å². The monoisotopic (exact) mass is 871 g/mol. The average Bonchev–Trinajstić information content (AvgIpc) is 3.28. The van der Waals surface area contributed by atoms with Gasteiger partial charge in [-0.25, -0.2) is 0 Å². The van der Waals surface area contributed by atoms with Crippen molar-refractivity contribution < 1.29 is 28.6 Å². The normalized spacial score (nSPS) is 13.1. The largest absolute Gasteiger partial charge is 0.462 e. The van der Waals surface area contributed by atoms with Gasteiger partial charge >= 0.3 is 17.9 Å². The molecule has 0 fully saturated rings. The van der Waals surface area contributed by atoms with E-state index in [1.54, 1.807) is 0 Å². The quantitative estimate of drug-likeness (QED) is 0.0200. The molecule has 354 valence electrons. The van der Waals surface area contributed by atoms with Gasteiger partial charge in [0.25, 0.3) is 0 Å². The maximum atomic E-state index is 12.8. The van der Waals surface area contributed by atoms with Gasteiger partial charge in [0.05, 0.1) is 0 Å². The number of hydrogen-bond acceptors (Lipinski definition) is 6. The van der Waals surface area contributed by atoms with Crippen LogP contribution in [-0.4, -0.2) is 37.2 Å². The van der Waals surface area contributed by atoms with Gasteiger partial charge in [-0.2, -0.15) is 0 Å². The number of hydrogen-bond donors (Lipinski definition) is 0. The number of carbonyl (C=O) groups excluding carboxylic acids is 3. The van der Waals surface area contributed by atoms with Crippen LogP contribution in [0, 0.1) is 0 Å². The van der Waals surface area contributed by atoms with Crippen molar-refractivity contribution in [1.29, 1.82) is 0 Å². The first-order valence-electron chi connectivity index (χ1n) is 25.1. The molecule has 0 saturated heterocycles. The van der Waals surface area contributed by atoms with Crippen LogP contribution in [-0.2, 0) is 28.6 Å². The molecular weight excluding hydrogens is 781 g/mol. The lowest BCUT2D eigenvalue weighted by Crippen LogP contribution is -2.30. The van der Waals surface area contributed by atoms with Crippen LogP contribution in [0.4, 0.5) is 0 Å². The van der Waals surface area contributed by atoms with Gasteiger partial charge in [-0.05, 0) is 96.3 Å². The number of allylic oxidation sites excluding steroid dienone is 20. The summed E-state index contributed by atoms with van der Waals surface area (Å²) in [5.74, 6) is -1.05. The van der Waals surface area contributed by atoms with Crippen LogP contribution in [0.3, 0.4) is 0 Å². The molecule has 0 aromatic carbocycles. The lowest BCUT2D eigenvalue weighted by atomic mass is 10.1. The number of carbonyl (C=O) groups is 3. The first kappa shape index (κ1) is 58.8. The van der Waals surface area contributed by atoms with Gasteiger partial charge < -0.3 is 14.2 Å². The molecule has 63 heavy (non-hydrogen) atoms. The van der Waals surface area contributed by atoms with Gasteiger partial charge in [0.2, 0.25) is 0 Å². The second-order valence-corrected chi connectivity index (χ2v) is 16.1. The van der Waals surface area contributed by atoms with Crippen molar-refractivity contribution in [3.05, 3.63) is 122 Å². The minimum absolute atomic E-state index is 0.124. The van der Waals surface area contributed by atoms with Crippen molar-refractivity contribution in [1.82, 2.24) is 0 Å². The fourth-order valence-corrected chi connectivity index (χ4v) is 6.34. The van der Waals surface area contributed by atoms with E-state index >= 15 is 0 Å². The molecule has 0 aliphatic heterocycles. The van der Waals surface area contributed by atoms with E-state index in [2.05, 4.69) is 87.6 Å². The number of ether oxygens (including phenoxy) is 3. The summed E-state index contributed by atoms with van der Waals surface area (Å²) in [5.41, 5.74) is 0. The minimum Gasteiger partial charge on any atom is -0.462 e. The third kappa shape index (κ3) is 48.7. The Labute approximate surface area is 386 Å². The summed E-state index contributed by atoms with van der Waals surface area (Å²) in [6.07, 6.45) is 69.0. The molecule has 0 amide bonds. The van der Waals surface area contributed by atoms with Crippen molar-refractivity contribution in [2.75, 3.05) is 13.2 Å². The minimum atomic E-state index is -0.827. The fraction of sp³-hybridized carbons (Fsp3) is 0.596. The van der Waals surface area contributed by atoms with Gasteiger partial charge in [0.15, 0.2) is 6.10 Å². The highest BCUT2D eigenvalue weighted by Crippen LogP contribution is 2.13. The fourth-order valence-electron chi connectivity index (χ4n) is 6.34. The van der Waals surface area contributed by atoms with Crippen LogP contribution in [0.2, 0.25) is 0 Å². The van der Waals surface area contributed by atoms with E-state index in [0.717, 1.165) is 96.3 Å². The molecule has 0 spiro atoms. The molecule has 1 atom stereocenters. The summed E-state index contributed by atoms with van der Waals surface area (Å²) in [6, 6.07) is 0. The first-order valence-corrected chi connectivity index (χ1v) is 25.1. The Morgan fingerprint density at radius 2 is 0.714 bits per heavy atom. The van der Waals surface area contributed by atoms with Crippen LogP contribution < -0.4 is 0 Å². The molecule has 0 heterocycles. The number of unbranched alkanes of at least 4 members (excludes halogenated alkanes) is 16. The predicted molar refractivity (Wildman–Crippen MR) is 269 cm³/mol. The molecule has 0 aromatic rings. The maximum Gasteiger partial charge on any atom is 0.306 e. The summed E-state index contributed by atoms with van der Waals surface area (Å²) in [7, 11) is 0. The number of rotatable bonds is 43. The molecule has 0 radical (unpaired) electrons. The van der Waals surface area contributed by atoms with Crippen LogP contribution in [0.15, 0.2) is 122 Å². The summed E-state index contributed by atoms with van der Waals surface area (Å²) >= 11 is 0. The second kappa shape index (κ2) is 50.5. The maximum absolute atomic E-state index is 12.8. The summed E-state index contributed by atoms with van der Waals surface area (Å²) in [5, 5.41) is 0. The lowest BCUT2D eigenvalue weighted by Gasteiger charge is -2.18. The molecule has 0 saturated carbocycles. The van der Waals surface area contributed by atoms with Gasteiger partial charge in [-0.1, -0.05) is 206 Å². The Balaban J connectivity index is 4.57. The van der Waals surface area contributed by atoms with Crippen molar-refractivity contribution in [3.63, 3.8) is 0 Å². The van der Waals surface area contributed by atoms with Crippen molar-refractivity contribution in [2.24, 2.45) is 0 Å². The smallest absolute Gasteiger partial charge is 0.306 e.